The van der Waals surface area contributed by atoms with Crippen LogP contribution in [0, 0.1) is 31.9 Å². The van der Waals surface area contributed by atoms with Crippen LogP contribution in [0.4, 0.5) is 0 Å². The second kappa shape index (κ2) is 17.6. The van der Waals surface area contributed by atoms with E-state index in [0.717, 1.165) is 29.9 Å². The summed E-state index contributed by atoms with van der Waals surface area (Å²) in [6, 6.07) is 19.7. The third-order valence-corrected chi connectivity index (χ3v) is 5.44. The zero-order valence-electron chi connectivity index (χ0n) is 19.5. The Morgan fingerprint density at radius 1 is 0.781 bits per heavy atom. The van der Waals surface area contributed by atoms with Gasteiger partial charge < -0.3 is 0 Å². The molecule has 0 saturated heterocycles. The average Bonchev–Trinajstić information content (AvgIpc) is 3.52. The zero-order valence-corrected chi connectivity index (χ0v) is 22.0. The molecule has 2 aromatic carbocycles. The Hall–Kier alpha value is -1.98. The molecule has 0 radical (unpaired) electrons. The first kappa shape index (κ1) is 28.1. The molecule has 0 nitrogen and oxygen atoms in total. The maximum Gasteiger partial charge on any atom is 4.00 e. The van der Waals surface area contributed by atoms with Gasteiger partial charge in [0.25, 0.3) is 0 Å². The van der Waals surface area contributed by atoms with Gasteiger partial charge in [-0.1, -0.05) is 57.1 Å². The van der Waals surface area contributed by atoms with Crippen LogP contribution in [0.3, 0.4) is 0 Å². The fourth-order valence-electron chi connectivity index (χ4n) is 3.75. The molecule has 1 saturated carbocycles. The van der Waals surface area contributed by atoms with Crippen LogP contribution < -0.4 is 0 Å². The van der Waals surface area contributed by atoms with Crippen LogP contribution in [-0.2, 0) is 26.2 Å². The smallest absolute Gasteiger partial charge is 0.273 e. The first-order valence-electron chi connectivity index (χ1n) is 11.4. The molecule has 0 N–H and O–H groups in total. The van der Waals surface area contributed by atoms with Crippen molar-refractivity contribution in [2.45, 2.75) is 51.9 Å². The van der Waals surface area contributed by atoms with Gasteiger partial charge in [0.1, 0.15) is 0 Å². The van der Waals surface area contributed by atoms with E-state index in [-0.39, 0.29) is 26.2 Å². The van der Waals surface area contributed by atoms with Crippen LogP contribution in [0.2, 0.25) is 0 Å². The molecule has 0 unspecified atom stereocenters. The Morgan fingerprint density at radius 3 is 1.66 bits per heavy atom. The first-order chi connectivity index (χ1) is 15.2. The predicted molar refractivity (Wildman–Crippen MR) is 135 cm³/mol. The van der Waals surface area contributed by atoms with Crippen LogP contribution in [0.25, 0.3) is 0 Å². The Bertz CT molecular complexity index is 787. The molecule has 5 rings (SSSR count). The van der Waals surface area contributed by atoms with Gasteiger partial charge in [-0.25, -0.2) is 17.7 Å². The molecular weight excluding hydrogens is 464 g/mol. The number of rotatable bonds is 1. The molecule has 164 valence electrons. The molecule has 3 aliphatic carbocycles. The van der Waals surface area contributed by atoms with Gasteiger partial charge in [-0.15, -0.1) is 37.1 Å². The van der Waals surface area contributed by atoms with E-state index in [0.29, 0.717) is 0 Å². The van der Waals surface area contributed by atoms with Crippen molar-refractivity contribution in [2.24, 2.45) is 5.92 Å². The van der Waals surface area contributed by atoms with Crippen LogP contribution in [0.15, 0.2) is 96.1 Å². The largest absolute Gasteiger partial charge is 4.00 e. The predicted octanol–water partition coefficient (Wildman–Crippen LogP) is 8.69. The summed E-state index contributed by atoms with van der Waals surface area (Å²) in [5.41, 5.74) is 5.20. The van der Waals surface area contributed by atoms with E-state index in [9.17, 15) is 0 Å². The SMILES string of the molecule is CC1=[C-]CC=C1C1CCCCC1.[C-]1=CC=CC1.[CH2-]c1ccccc1.[CH2-]c1ccccc1.[Zr+4]. The van der Waals surface area contributed by atoms with Crippen molar-refractivity contribution in [1.29, 1.82) is 0 Å². The van der Waals surface area contributed by atoms with Crippen molar-refractivity contribution in [3.05, 3.63) is 133 Å². The zero-order chi connectivity index (χ0) is 22.2. The summed E-state index contributed by atoms with van der Waals surface area (Å²) in [6.45, 7) is 9.66. The monoisotopic (exact) mass is 498 g/mol. The first-order valence-corrected chi connectivity index (χ1v) is 11.4. The van der Waals surface area contributed by atoms with E-state index in [1.54, 1.807) is 5.57 Å². The minimum absolute atomic E-state index is 0. The molecule has 32 heavy (non-hydrogen) atoms. The maximum atomic E-state index is 3.72. The van der Waals surface area contributed by atoms with Crippen molar-refractivity contribution < 1.29 is 26.2 Å². The third-order valence-electron chi connectivity index (χ3n) is 5.44. The second-order valence-corrected chi connectivity index (χ2v) is 7.97. The molecule has 1 fully saturated rings. The van der Waals surface area contributed by atoms with Crippen LogP contribution in [0.5, 0.6) is 0 Å². The van der Waals surface area contributed by atoms with Crippen LogP contribution in [-0.4, -0.2) is 0 Å². The van der Waals surface area contributed by atoms with E-state index < -0.39 is 0 Å². The molecule has 2 aromatic rings. The van der Waals surface area contributed by atoms with Crippen molar-refractivity contribution in [3.8, 4) is 0 Å². The summed E-state index contributed by atoms with van der Waals surface area (Å²) in [5.74, 6) is 0.883. The molecule has 3 aliphatic rings. The number of hydrogen-bond acceptors (Lipinski definition) is 0. The van der Waals surface area contributed by atoms with Gasteiger partial charge in [-0.05, 0) is 0 Å². The van der Waals surface area contributed by atoms with Crippen molar-refractivity contribution in [3.63, 3.8) is 0 Å². The summed E-state index contributed by atoms with van der Waals surface area (Å²) >= 11 is 0. The minimum Gasteiger partial charge on any atom is -0.273 e. The summed E-state index contributed by atoms with van der Waals surface area (Å²) < 4.78 is 0. The fraction of sp³-hybridized carbons (Fsp3) is 0.290. The minimum atomic E-state index is 0. The van der Waals surface area contributed by atoms with Gasteiger partial charge >= 0.3 is 26.2 Å². The van der Waals surface area contributed by atoms with Gasteiger partial charge in [0.15, 0.2) is 0 Å². The van der Waals surface area contributed by atoms with E-state index in [1.165, 1.54) is 37.7 Å². The molecule has 0 amide bonds. The normalized spacial score (nSPS) is 16.0. The summed E-state index contributed by atoms with van der Waals surface area (Å²) in [6.07, 6.45) is 24.0. The Balaban J connectivity index is 0.000000223. The average molecular weight is 500 g/mol. The van der Waals surface area contributed by atoms with Gasteiger partial charge in [0.05, 0.1) is 0 Å². The summed E-state index contributed by atoms with van der Waals surface area (Å²) in [4.78, 5) is 0. The molecule has 1 heteroatoms. The van der Waals surface area contributed by atoms with E-state index in [4.69, 9.17) is 0 Å². The molecule has 0 heterocycles. The number of benzene rings is 2. The molecule has 0 atom stereocenters. The Morgan fingerprint density at radius 2 is 1.34 bits per heavy atom. The third kappa shape index (κ3) is 12.2. The molecule has 0 aliphatic heterocycles. The Labute approximate surface area is 216 Å². The van der Waals surface area contributed by atoms with Gasteiger partial charge in [0, 0.05) is 0 Å². The van der Waals surface area contributed by atoms with Crippen molar-refractivity contribution >= 4 is 0 Å². The summed E-state index contributed by atoms with van der Waals surface area (Å²) in [5, 5.41) is 0. The fourth-order valence-corrected chi connectivity index (χ4v) is 3.75. The molecule has 0 aromatic heterocycles. The number of hydrogen-bond donors (Lipinski definition) is 0. The van der Waals surface area contributed by atoms with Crippen LogP contribution >= 0.6 is 0 Å². The van der Waals surface area contributed by atoms with E-state index in [2.05, 4.69) is 45.1 Å². The van der Waals surface area contributed by atoms with Gasteiger partial charge in [-0.2, -0.15) is 67.0 Å². The molecule has 0 spiro atoms. The van der Waals surface area contributed by atoms with E-state index >= 15 is 0 Å². The maximum absolute atomic E-state index is 3.72. The van der Waals surface area contributed by atoms with Gasteiger partial charge in [-0.3, -0.25) is 12.2 Å². The second-order valence-electron chi connectivity index (χ2n) is 7.97. The topological polar surface area (TPSA) is 0 Å². The van der Waals surface area contributed by atoms with Gasteiger partial charge in [0.2, 0.25) is 0 Å². The number of allylic oxidation sites excluding steroid dienone is 8. The molecule has 0 bridgehead atoms. The Kier molecular flexibility index (Phi) is 15.4. The summed E-state index contributed by atoms with van der Waals surface area (Å²) in [7, 11) is 0. The van der Waals surface area contributed by atoms with Crippen molar-refractivity contribution in [1.82, 2.24) is 0 Å². The van der Waals surface area contributed by atoms with E-state index in [1.807, 2.05) is 72.8 Å². The molecular formula is C31H36Zr. The van der Waals surface area contributed by atoms with Crippen LogP contribution in [0.1, 0.15) is 63.0 Å². The van der Waals surface area contributed by atoms with Crippen molar-refractivity contribution in [2.75, 3.05) is 0 Å². The quantitative estimate of drug-likeness (QED) is 0.344. The standard InChI is InChI=1S/C12H17.2C7H7.C5H5.Zr/c1-10-6-5-9-12(10)11-7-3-2-4-8-11;2*1-7-5-3-2-4-6-7;1-2-4-5-3-1;/h9,11H,2-5,7-8H2,1H3;2*2-6H,1H2;1-3H,4H2;/q4*-1;+4.